The van der Waals surface area contributed by atoms with Gasteiger partial charge in [-0.05, 0) is 12.0 Å². The maximum atomic E-state index is 12.8. The molecule has 0 radical (unpaired) electrons. The molecule has 3 N–H and O–H groups in total. The predicted molar refractivity (Wildman–Crippen MR) is 89.0 cm³/mol. The molecule has 3 rings (SSSR count). The number of nitrogens with two attached hydrogens (primary N) is 1. The first-order chi connectivity index (χ1) is 11.9. The van der Waals surface area contributed by atoms with Gasteiger partial charge in [-0.2, -0.15) is 15.8 Å². The van der Waals surface area contributed by atoms with E-state index in [0.29, 0.717) is 6.42 Å². The van der Waals surface area contributed by atoms with Crippen molar-refractivity contribution < 1.29 is 4.79 Å². The van der Waals surface area contributed by atoms with Gasteiger partial charge in [0.2, 0.25) is 5.91 Å². The molecule has 6 nitrogen and oxygen atoms in total. The summed E-state index contributed by atoms with van der Waals surface area (Å²) in [6.45, 7) is 1.99. The fourth-order valence-electron chi connectivity index (χ4n) is 4.70. The van der Waals surface area contributed by atoms with Crippen LogP contribution in [0.15, 0.2) is 30.3 Å². The summed E-state index contributed by atoms with van der Waals surface area (Å²) in [5.41, 5.74) is 2.65. The van der Waals surface area contributed by atoms with Crippen molar-refractivity contribution >= 4 is 5.91 Å². The molecule has 4 atom stereocenters. The molecule has 1 saturated carbocycles. The number of rotatable bonds is 3. The molecule has 1 saturated heterocycles. The van der Waals surface area contributed by atoms with Crippen molar-refractivity contribution in [2.45, 2.75) is 37.8 Å². The van der Waals surface area contributed by atoms with Crippen LogP contribution in [-0.4, -0.2) is 11.6 Å². The average molecular weight is 333 g/mol. The molecule has 2 bridgehead atoms. The van der Waals surface area contributed by atoms with Crippen LogP contribution in [-0.2, 0) is 4.79 Å². The highest BCUT2D eigenvalue weighted by Crippen LogP contribution is 2.64. The molecule has 1 aromatic carbocycles. The predicted octanol–water partition coefficient (Wildman–Crippen LogP) is 1.92. The number of nitrogens with zero attached hydrogens (tertiary/aromatic N) is 3. The second kappa shape index (κ2) is 5.59. The summed E-state index contributed by atoms with van der Waals surface area (Å²) in [6, 6.07) is 15.3. The molecule has 0 unspecified atom stereocenters. The first-order valence-corrected chi connectivity index (χ1v) is 8.35. The third kappa shape index (κ3) is 1.94. The van der Waals surface area contributed by atoms with Crippen LogP contribution in [0.3, 0.4) is 0 Å². The minimum absolute atomic E-state index is 0.0234. The molecule has 1 heterocycles. The molecule has 0 spiro atoms. The van der Waals surface area contributed by atoms with E-state index in [4.69, 9.17) is 5.73 Å². The van der Waals surface area contributed by atoms with Gasteiger partial charge in [0, 0.05) is 18.3 Å². The van der Waals surface area contributed by atoms with Crippen LogP contribution in [0, 0.1) is 50.7 Å². The van der Waals surface area contributed by atoms with Gasteiger partial charge >= 0.3 is 0 Å². The average Bonchev–Trinajstić information content (AvgIpc) is 2.88. The van der Waals surface area contributed by atoms with Crippen molar-refractivity contribution in [3.05, 3.63) is 35.9 Å². The van der Waals surface area contributed by atoms with Gasteiger partial charge in [0.1, 0.15) is 0 Å². The van der Waals surface area contributed by atoms with Crippen LogP contribution in [0.25, 0.3) is 0 Å². The number of carbonyl (C=O) groups is 1. The fraction of sp³-hybridized carbons (Fsp3) is 0.474. The Morgan fingerprint density at radius 3 is 2.36 bits per heavy atom. The summed E-state index contributed by atoms with van der Waals surface area (Å²) in [5.74, 6) is -1.55. The molecule has 1 amide bonds. The van der Waals surface area contributed by atoms with Crippen LogP contribution >= 0.6 is 0 Å². The summed E-state index contributed by atoms with van der Waals surface area (Å²) in [7, 11) is 0. The van der Waals surface area contributed by atoms with Crippen molar-refractivity contribution in [2.24, 2.45) is 22.5 Å². The van der Waals surface area contributed by atoms with Crippen LogP contribution in [0.4, 0.5) is 0 Å². The Balaban J connectivity index is 2.35. The maximum absolute atomic E-state index is 12.8. The number of amides is 1. The lowest BCUT2D eigenvalue weighted by atomic mass is 9.47. The molecule has 126 valence electrons. The lowest BCUT2D eigenvalue weighted by Crippen LogP contribution is -2.62. The standard InChI is InChI=1S/C19H19N5O/c1-2-6-14-15(13-7-4-3-5-8-13)18(11-21,12-22)17(10-20)9-19(14,23)24-16(17)25/h3-5,7-8,14-15H,2,6,9,23H2,1H3,(H,24,25)/t14-,15-,17-,19+/m1/s1. The topological polar surface area (TPSA) is 126 Å². The van der Waals surface area contributed by atoms with Gasteiger partial charge in [-0.15, -0.1) is 0 Å². The summed E-state index contributed by atoms with van der Waals surface area (Å²) >= 11 is 0. The number of hydrogen-bond acceptors (Lipinski definition) is 5. The highest BCUT2D eigenvalue weighted by atomic mass is 16.2. The van der Waals surface area contributed by atoms with E-state index in [1.165, 1.54) is 0 Å². The second-order valence-electron chi connectivity index (χ2n) is 7.00. The quantitative estimate of drug-likeness (QED) is 0.873. The van der Waals surface area contributed by atoms with E-state index >= 15 is 0 Å². The van der Waals surface area contributed by atoms with E-state index in [-0.39, 0.29) is 12.3 Å². The molecule has 2 fully saturated rings. The monoisotopic (exact) mass is 333 g/mol. The van der Waals surface area contributed by atoms with Crippen LogP contribution < -0.4 is 11.1 Å². The number of benzene rings is 1. The summed E-state index contributed by atoms with van der Waals surface area (Å²) in [4.78, 5) is 12.8. The zero-order valence-electron chi connectivity index (χ0n) is 14.0. The molecule has 0 aromatic heterocycles. The minimum Gasteiger partial charge on any atom is -0.336 e. The SMILES string of the molecule is CCC[C@@H]1[C@@H](c2ccccc2)C(C#N)(C#N)[C@@]2(C#N)C[C@]1(N)NC2=O. The third-order valence-corrected chi connectivity index (χ3v) is 5.80. The van der Waals surface area contributed by atoms with Crippen molar-refractivity contribution in [3.63, 3.8) is 0 Å². The Hall–Kier alpha value is -2.88. The molecular weight excluding hydrogens is 314 g/mol. The Kier molecular flexibility index (Phi) is 3.79. The summed E-state index contributed by atoms with van der Waals surface area (Å²) in [5, 5.41) is 32.7. The number of carbonyl (C=O) groups excluding carboxylic acids is 1. The first kappa shape index (κ1) is 17.0. The molecular formula is C19H19N5O. The van der Waals surface area contributed by atoms with Gasteiger partial charge in [-0.3, -0.25) is 4.79 Å². The second-order valence-corrected chi connectivity index (χ2v) is 7.00. The van der Waals surface area contributed by atoms with Gasteiger partial charge in [-0.1, -0.05) is 43.7 Å². The molecule has 6 heteroatoms. The van der Waals surface area contributed by atoms with Crippen molar-refractivity contribution in [1.82, 2.24) is 5.32 Å². The van der Waals surface area contributed by atoms with E-state index in [1.54, 1.807) is 0 Å². The van der Waals surface area contributed by atoms with Gasteiger partial charge in [0.25, 0.3) is 0 Å². The Morgan fingerprint density at radius 1 is 1.20 bits per heavy atom. The maximum Gasteiger partial charge on any atom is 0.244 e. The molecule has 1 aromatic rings. The lowest BCUT2D eigenvalue weighted by molar-refractivity contribution is -0.128. The number of fused-ring (bicyclic) bond motifs is 2. The molecule has 1 aliphatic heterocycles. The minimum atomic E-state index is -1.79. The number of nitrogens with one attached hydrogen (secondary N) is 1. The van der Waals surface area contributed by atoms with Gasteiger partial charge in [0.05, 0.1) is 23.9 Å². The zero-order chi connectivity index (χ0) is 18.3. The van der Waals surface area contributed by atoms with E-state index in [0.717, 1.165) is 12.0 Å². The molecule has 2 aliphatic rings. The highest BCUT2D eigenvalue weighted by molar-refractivity contribution is 5.92. The van der Waals surface area contributed by atoms with Crippen molar-refractivity contribution in [3.8, 4) is 18.2 Å². The molecule has 25 heavy (non-hydrogen) atoms. The first-order valence-electron chi connectivity index (χ1n) is 8.35. The summed E-state index contributed by atoms with van der Waals surface area (Å²) < 4.78 is 0. The Morgan fingerprint density at radius 2 is 1.84 bits per heavy atom. The van der Waals surface area contributed by atoms with Gasteiger partial charge in [-0.25, -0.2) is 0 Å². The largest absolute Gasteiger partial charge is 0.336 e. The van der Waals surface area contributed by atoms with Gasteiger partial charge < -0.3 is 11.1 Å². The fourth-order valence-corrected chi connectivity index (χ4v) is 4.70. The number of nitriles is 3. The van der Waals surface area contributed by atoms with Crippen molar-refractivity contribution in [1.29, 1.82) is 15.8 Å². The summed E-state index contributed by atoms with van der Waals surface area (Å²) in [6.07, 6.45) is 1.41. The highest BCUT2D eigenvalue weighted by Gasteiger charge is 2.76. The van der Waals surface area contributed by atoms with Crippen LogP contribution in [0.1, 0.15) is 37.7 Å². The van der Waals surface area contributed by atoms with Crippen LogP contribution in [0.2, 0.25) is 0 Å². The van der Waals surface area contributed by atoms with Gasteiger partial charge in [0.15, 0.2) is 10.8 Å². The smallest absolute Gasteiger partial charge is 0.244 e. The Bertz CT molecular complexity index is 816. The normalized spacial score (nSPS) is 35.1. The van der Waals surface area contributed by atoms with Crippen molar-refractivity contribution in [2.75, 3.05) is 0 Å². The Labute approximate surface area is 146 Å². The van der Waals surface area contributed by atoms with E-state index in [1.807, 2.05) is 43.3 Å². The zero-order valence-corrected chi connectivity index (χ0v) is 14.0. The lowest BCUT2D eigenvalue weighted by Gasteiger charge is -2.50. The molecule has 1 aliphatic carbocycles. The van der Waals surface area contributed by atoms with E-state index < -0.39 is 28.3 Å². The number of hydrogen-bond donors (Lipinski definition) is 2. The van der Waals surface area contributed by atoms with Crippen LogP contribution in [0.5, 0.6) is 0 Å². The third-order valence-electron chi connectivity index (χ3n) is 5.80. The van der Waals surface area contributed by atoms with E-state index in [2.05, 4.69) is 17.5 Å². The van der Waals surface area contributed by atoms with E-state index in [9.17, 15) is 20.6 Å².